The molecule has 1 saturated heterocycles. The van der Waals surface area contributed by atoms with Crippen molar-refractivity contribution in [2.45, 2.75) is 20.3 Å². The summed E-state index contributed by atoms with van der Waals surface area (Å²) in [5, 5.41) is 3.53. The highest BCUT2D eigenvalue weighted by molar-refractivity contribution is 5.93. The van der Waals surface area contributed by atoms with Crippen LogP contribution in [0.5, 0.6) is 11.5 Å². The second-order valence-corrected chi connectivity index (χ2v) is 9.61. The molecule has 1 fully saturated rings. The molecule has 208 valence electrons. The molecule has 1 aliphatic rings. The van der Waals surface area contributed by atoms with Crippen LogP contribution < -0.4 is 19.7 Å². The van der Waals surface area contributed by atoms with Gasteiger partial charge >= 0.3 is 0 Å². The molecular formula is C31H41N5O3. The van der Waals surface area contributed by atoms with Gasteiger partial charge in [0.25, 0.3) is 5.91 Å². The van der Waals surface area contributed by atoms with Crippen LogP contribution in [0.4, 0.5) is 11.4 Å². The molecule has 1 amide bonds. The molecule has 0 saturated carbocycles. The smallest absolute Gasteiger partial charge is 0.272 e. The molecule has 0 bridgehead atoms. The van der Waals surface area contributed by atoms with Crippen molar-refractivity contribution in [3.8, 4) is 22.8 Å². The predicted octanol–water partition coefficient (Wildman–Crippen LogP) is 4.87. The highest BCUT2D eigenvalue weighted by atomic mass is 16.5. The molecule has 1 aromatic heterocycles. The number of nitrogens with one attached hydrogen (secondary N) is 1. The van der Waals surface area contributed by atoms with E-state index in [0.29, 0.717) is 30.3 Å². The standard InChI is InChI=1S/C31H41N5O3/c1-5-34(6-2)18-8-17-32-25-12-14-26(15-13-25)35-19-21-36(22-20-35)31(37)28-10-7-9-27(33-28)24-11-16-29(38-3)30(23-24)39-4/h7,9-16,23,32H,5-6,8,17-22H2,1-4H3. The van der Waals surface area contributed by atoms with Crippen molar-refractivity contribution in [1.29, 1.82) is 0 Å². The number of nitrogens with zero attached hydrogens (tertiary/aromatic N) is 4. The van der Waals surface area contributed by atoms with E-state index in [1.165, 1.54) is 5.69 Å². The first-order valence-corrected chi connectivity index (χ1v) is 13.9. The number of anilines is 2. The average molecular weight is 532 g/mol. The third kappa shape index (κ3) is 7.20. The first-order valence-electron chi connectivity index (χ1n) is 13.9. The largest absolute Gasteiger partial charge is 0.493 e. The van der Waals surface area contributed by atoms with E-state index in [1.807, 2.05) is 35.2 Å². The maximum absolute atomic E-state index is 13.3. The van der Waals surface area contributed by atoms with E-state index < -0.39 is 0 Å². The van der Waals surface area contributed by atoms with Gasteiger partial charge in [-0.3, -0.25) is 4.79 Å². The van der Waals surface area contributed by atoms with Crippen molar-refractivity contribution in [2.75, 3.05) is 76.8 Å². The van der Waals surface area contributed by atoms with Crippen LogP contribution in [0.15, 0.2) is 60.7 Å². The molecule has 0 spiro atoms. The van der Waals surface area contributed by atoms with Gasteiger partial charge in [-0.05, 0) is 80.7 Å². The molecule has 0 aliphatic carbocycles. The molecule has 1 N–H and O–H groups in total. The fourth-order valence-electron chi connectivity index (χ4n) is 4.91. The van der Waals surface area contributed by atoms with E-state index in [0.717, 1.165) is 62.6 Å². The number of piperazine rings is 1. The quantitative estimate of drug-likeness (QED) is 0.334. The predicted molar refractivity (Wildman–Crippen MR) is 158 cm³/mol. The van der Waals surface area contributed by atoms with Crippen LogP contribution in [-0.4, -0.2) is 87.3 Å². The van der Waals surface area contributed by atoms with E-state index in [-0.39, 0.29) is 5.91 Å². The molecule has 4 rings (SSSR count). The van der Waals surface area contributed by atoms with Gasteiger partial charge in [-0.1, -0.05) is 19.9 Å². The van der Waals surface area contributed by atoms with E-state index >= 15 is 0 Å². The lowest BCUT2D eigenvalue weighted by Gasteiger charge is -2.36. The van der Waals surface area contributed by atoms with Gasteiger partial charge in [0.15, 0.2) is 11.5 Å². The average Bonchev–Trinajstić information content (AvgIpc) is 3.01. The summed E-state index contributed by atoms with van der Waals surface area (Å²) in [5.74, 6) is 1.24. The highest BCUT2D eigenvalue weighted by Gasteiger charge is 2.23. The number of methoxy groups -OCH3 is 2. The van der Waals surface area contributed by atoms with Gasteiger partial charge in [-0.2, -0.15) is 0 Å². The summed E-state index contributed by atoms with van der Waals surface area (Å²) in [7, 11) is 3.22. The summed E-state index contributed by atoms with van der Waals surface area (Å²) in [6.07, 6.45) is 1.13. The Kier molecular flexibility index (Phi) is 10.0. The van der Waals surface area contributed by atoms with Crippen LogP contribution in [0.25, 0.3) is 11.3 Å². The Morgan fingerprint density at radius 1 is 0.923 bits per heavy atom. The zero-order valence-electron chi connectivity index (χ0n) is 23.7. The number of aromatic nitrogens is 1. The molecular weight excluding hydrogens is 490 g/mol. The number of pyridine rings is 1. The molecule has 8 nitrogen and oxygen atoms in total. The normalized spacial score (nSPS) is 13.5. The SMILES string of the molecule is CCN(CC)CCCNc1ccc(N2CCN(C(=O)c3cccc(-c4ccc(OC)c(OC)c4)n3)CC2)cc1. The number of amides is 1. The Bertz CT molecular complexity index is 1210. The zero-order valence-corrected chi connectivity index (χ0v) is 23.7. The number of carbonyl (C=O) groups excluding carboxylic acids is 1. The summed E-state index contributed by atoms with van der Waals surface area (Å²) in [5.41, 5.74) is 4.38. The van der Waals surface area contributed by atoms with Gasteiger partial charge in [0, 0.05) is 49.7 Å². The maximum Gasteiger partial charge on any atom is 0.272 e. The Hall–Kier alpha value is -3.78. The molecule has 3 aromatic rings. The summed E-state index contributed by atoms with van der Waals surface area (Å²) in [4.78, 5) is 24.6. The molecule has 0 radical (unpaired) electrons. The minimum Gasteiger partial charge on any atom is -0.493 e. The van der Waals surface area contributed by atoms with Gasteiger partial charge in [0.05, 0.1) is 19.9 Å². The number of carbonyl (C=O) groups is 1. The number of hydrogen-bond acceptors (Lipinski definition) is 7. The molecule has 8 heteroatoms. The molecule has 39 heavy (non-hydrogen) atoms. The first-order chi connectivity index (χ1) is 19.1. The third-order valence-corrected chi connectivity index (χ3v) is 7.32. The van der Waals surface area contributed by atoms with Crippen LogP contribution in [0.1, 0.15) is 30.8 Å². The minimum atomic E-state index is -0.0405. The Morgan fingerprint density at radius 2 is 1.64 bits per heavy atom. The monoisotopic (exact) mass is 531 g/mol. The topological polar surface area (TPSA) is 70.2 Å². The molecule has 2 heterocycles. The van der Waals surface area contributed by atoms with Crippen LogP contribution in [-0.2, 0) is 0 Å². The molecule has 0 unspecified atom stereocenters. The van der Waals surface area contributed by atoms with E-state index in [1.54, 1.807) is 20.3 Å². The Balaban J connectivity index is 1.30. The van der Waals surface area contributed by atoms with Crippen LogP contribution in [0.2, 0.25) is 0 Å². The number of ether oxygens (including phenoxy) is 2. The second kappa shape index (κ2) is 13.8. The van der Waals surface area contributed by atoms with Crippen molar-refractivity contribution in [3.63, 3.8) is 0 Å². The number of benzene rings is 2. The van der Waals surface area contributed by atoms with Gasteiger partial charge < -0.3 is 29.5 Å². The van der Waals surface area contributed by atoms with Gasteiger partial charge in [-0.25, -0.2) is 4.98 Å². The zero-order chi connectivity index (χ0) is 27.6. The van der Waals surface area contributed by atoms with E-state index in [4.69, 9.17) is 9.47 Å². The molecule has 2 aromatic carbocycles. The first kappa shape index (κ1) is 28.2. The Labute approximate surface area is 232 Å². The van der Waals surface area contributed by atoms with Gasteiger partial charge in [-0.15, -0.1) is 0 Å². The summed E-state index contributed by atoms with van der Waals surface area (Å²) in [6.45, 7) is 11.6. The fourth-order valence-corrected chi connectivity index (χ4v) is 4.91. The highest BCUT2D eigenvalue weighted by Crippen LogP contribution is 2.31. The van der Waals surface area contributed by atoms with Gasteiger partial charge in [0.2, 0.25) is 0 Å². The summed E-state index contributed by atoms with van der Waals surface area (Å²) >= 11 is 0. The maximum atomic E-state index is 13.3. The van der Waals surface area contributed by atoms with Crippen LogP contribution in [0, 0.1) is 0 Å². The second-order valence-electron chi connectivity index (χ2n) is 9.61. The minimum absolute atomic E-state index is 0.0405. The van der Waals surface area contributed by atoms with E-state index in [9.17, 15) is 4.79 Å². The van der Waals surface area contributed by atoms with E-state index in [2.05, 4.69) is 58.2 Å². The lowest BCUT2D eigenvalue weighted by atomic mass is 10.1. The van der Waals surface area contributed by atoms with Gasteiger partial charge in [0.1, 0.15) is 5.69 Å². The lowest BCUT2D eigenvalue weighted by molar-refractivity contribution is 0.0741. The van der Waals surface area contributed by atoms with Crippen molar-refractivity contribution >= 4 is 17.3 Å². The fraction of sp³-hybridized carbons (Fsp3) is 0.419. The number of rotatable bonds is 12. The van der Waals surface area contributed by atoms with Crippen molar-refractivity contribution < 1.29 is 14.3 Å². The Morgan fingerprint density at radius 3 is 2.31 bits per heavy atom. The molecule has 1 aliphatic heterocycles. The lowest BCUT2D eigenvalue weighted by Crippen LogP contribution is -2.49. The summed E-state index contributed by atoms with van der Waals surface area (Å²) < 4.78 is 10.8. The van der Waals surface area contributed by atoms with Crippen molar-refractivity contribution in [3.05, 3.63) is 66.4 Å². The third-order valence-electron chi connectivity index (χ3n) is 7.32. The van der Waals surface area contributed by atoms with Crippen LogP contribution in [0.3, 0.4) is 0 Å². The molecule has 0 atom stereocenters. The van der Waals surface area contributed by atoms with Crippen LogP contribution >= 0.6 is 0 Å². The van der Waals surface area contributed by atoms with Crippen molar-refractivity contribution in [2.24, 2.45) is 0 Å². The number of hydrogen-bond donors (Lipinski definition) is 1. The van der Waals surface area contributed by atoms with Crippen molar-refractivity contribution in [1.82, 2.24) is 14.8 Å². The summed E-state index contributed by atoms with van der Waals surface area (Å²) in [6, 6.07) is 19.8.